The van der Waals surface area contributed by atoms with Crippen LogP contribution in [0.25, 0.3) is 0 Å². The molecule has 1 rings (SSSR count). The van der Waals surface area contributed by atoms with E-state index in [0.717, 1.165) is 12.8 Å². The molecule has 0 spiro atoms. The number of aliphatic carboxylic acids is 1. The molecule has 0 aromatic rings. The van der Waals surface area contributed by atoms with E-state index in [-0.39, 0.29) is 12.3 Å². The SMILES string of the molecule is CC=C(C)C=CCCCC1(OC)CC(C)C(CC(=O)O)OO1. The number of carboxylic acids is 1. The van der Waals surface area contributed by atoms with Gasteiger partial charge in [0.2, 0.25) is 5.79 Å². The van der Waals surface area contributed by atoms with Gasteiger partial charge in [-0.3, -0.25) is 4.79 Å². The van der Waals surface area contributed by atoms with Gasteiger partial charge in [0.15, 0.2) is 0 Å². The molecule has 0 aromatic carbocycles. The summed E-state index contributed by atoms with van der Waals surface area (Å²) in [6.07, 6.45) is 9.04. The van der Waals surface area contributed by atoms with E-state index in [0.29, 0.717) is 12.8 Å². The fourth-order valence-electron chi connectivity index (χ4n) is 2.53. The molecule has 1 N–H and O–H groups in total. The van der Waals surface area contributed by atoms with Gasteiger partial charge < -0.3 is 9.84 Å². The first kappa shape index (κ1) is 18.9. The monoisotopic (exact) mass is 312 g/mol. The Labute approximate surface area is 132 Å². The summed E-state index contributed by atoms with van der Waals surface area (Å²) < 4.78 is 5.52. The second kappa shape index (κ2) is 9.08. The minimum Gasteiger partial charge on any atom is -0.481 e. The Morgan fingerprint density at radius 2 is 2.23 bits per heavy atom. The van der Waals surface area contributed by atoms with E-state index in [4.69, 9.17) is 19.6 Å². The third-order valence-corrected chi connectivity index (χ3v) is 4.10. The Kier molecular flexibility index (Phi) is 7.79. The zero-order chi connectivity index (χ0) is 16.6. The van der Waals surface area contributed by atoms with Crippen molar-refractivity contribution < 1.29 is 24.4 Å². The number of hydrogen-bond donors (Lipinski definition) is 1. The van der Waals surface area contributed by atoms with Crippen LogP contribution in [-0.2, 0) is 19.3 Å². The van der Waals surface area contributed by atoms with Crippen molar-refractivity contribution in [3.63, 3.8) is 0 Å². The lowest BCUT2D eigenvalue weighted by Crippen LogP contribution is -2.46. The van der Waals surface area contributed by atoms with Gasteiger partial charge in [0.25, 0.3) is 0 Å². The third kappa shape index (κ3) is 5.91. The topological polar surface area (TPSA) is 65.0 Å². The molecule has 0 aliphatic carbocycles. The molecule has 1 heterocycles. The molecule has 3 unspecified atom stereocenters. The Balaban J connectivity index is 2.46. The molecule has 0 amide bonds. The van der Waals surface area contributed by atoms with Crippen LogP contribution in [-0.4, -0.2) is 30.1 Å². The molecule has 1 fully saturated rings. The first-order valence-corrected chi connectivity index (χ1v) is 7.83. The van der Waals surface area contributed by atoms with Crippen molar-refractivity contribution in [2.75, 3.05) is 7.11 Å². The van der Waals surface area contributed by atoms with E-state index in [2.05, 4.69) is 25.2 Å². The summed E-state index contributed by atoms with van der Waals surface area (Å²) in [6.45, 7) is 6.05. The van der Waals surface area contributed by atoms with Crippen molar-refractivity contribution in [1.29, 1.82) is 0 Å². The van der Waals surface area contributed by atoms with Crippen LogP contribution in [0.2, 0.25) is 0 Å². The van der Waals surface area contributed by atoms with Crippen molar-refractivity contribution in [3.8, 4) is 0 Å². The van der Waals surface area contributed by atoms with Gasteiger partial charge in [-0.1, -0.05) is 30.7 Å². The summed E-state index contributed by atoms with van der Waals surface area (Å²) in [5, 5.41) is 8.86. The number of hydrogen-bond acceptors (Lipinski definition) is 4. The quantitative estimate of drug-likeness (QED) is 0.419. The molecular formula is C17H28O5. The summed E-state index contributed by atoms with van der Waals surface area (Å²) in [5.41, 5.74) is 1.24. The van der Waals surface area contributed by atoms with Crippen LogP contribution in [0.4, 0.5) is 0 Å². The number of unbranched alkanes of at least 4 members (excludes halogenated alkanes) is 1. The van der Waals surface area contributed by atoms with E-state index in [9.17, 15) is 4.79 Å². The molecular weight excluding hydrogens is 284 g/mol. The Hall–Kier alpha value is -1.17. The molecule has 5 nitrogen and oxygen atoms in total. The summed E-state index contributed by atoms with van der Waals surface area (Å²) in [4.78, 5) is 21.5. The van der Waals surface area contributed by atoms with Gasteiger partial charge in [-0.15, -0.1) is 0 Å². The summed E-state index contributed by atoms with van der Waals surface area (Å²) in [5.74, 6) is -1.57. The van der Waals surface area contributed by atoms with Gasteiger partial charge >= 0.3 is 5.97 Å². The second-order valence-electron chi connectivity index (χ2n) is 5.94. The fraction of sp³-hybridized carbons (Fsp3) is 0.706. The number of rotatable bonds is 8. The predicted molar refractivity (Wildman–Crippen MR) is 84.2 cm³/mol. The Bertz CT molecular complexity index is 415. The maximum absolute atomic E-state index is 10.8. The summed E-state index contributed by atoms with van der Waals surface area (Å²) >= 11 is 0. The zero-order valence-corrected chi connectivity index (χ0v) is 14.0. The Morgan fingerprint density at radius 3 is 2.77 bits per heavy atom. The lowest BCUT2D eigenvalue weighted by molar-refractivity contribution is -0.475. The zero-order valence-electron chi connectivity index (χ0n) is 14.0. The lowest BCUT2D eigenvalue weighted by Gasteiger charge is -2.40. The first-order valence-electron chi connectivity index (χ1n) is 7.83. The van der Waals surface area contributed by atoms with E-state index >= 15 is 0 Å². The average Bonchev–Trinajstić information content (AvgIpc) is 2.49. The molecule has 3 atom stereocenters. The number of ether oxygens (including phenoxy) is 1. The van der Waals surface area contributed by atoms with Gasteiger partial charge in [-0.05, 0) is 32.6 Å². The lowest BCUT2D eigenvalue weighted by atomic mass is 9.90. The van der Waals surface area contributed by atoms with Crippen LogP contribution in [0.3, 0.4) is 0 Å². The fourth-order valence-corrected chi connectivity index (χ4v) is 2.53. The minimum atomic E-state index is -0.880. The van der Waals surface area contributed by atoms with Gasteiger partial charge in [0.1, 0.15) is 6.10 Å². The summed E-state index contributed by atoms with van der Waals surface area (Å²) in [7, 11) is 1.60. The number of carbonyl (C=O) groups is 1. The molecule has 0 aromatic heterocycles. The van der Waals surface area contributed by atoms with Crippen molar-refractivity contribution >= 4 is 5.97 Å². The summed E-state index contributed by atoms with van der Waals surface area (Å²) in [6, 6.07) is 0. The highest BCUT2D eigenvalue weighted by Gasteiger charge is 2.42. The predicted octanol–water partition coefficient (Wildman–Crippen LogP) is 3.85. The van der Waals surface area contributed by atoms with E-state index < -0.39 is 17.9 Å². The van der Waals surface area contributed by atoms with Crippen LogP contribution >= 0.6 is 0 Å². The van der Waals surface area contributed by atoms with Crippen molar-refractivity contribution in [1.82, 2.24) is 0 Å². The molecule has 22 heavy (non-hydrogen) atoms. The highest BCUT2D eigenvalue weighted by Crippen LogP contribution is 2.36. The van der Waals surface area contributed by atoms with Gasteiger partial charge in [-0.2, -0.15) is 0 Å². The highest BCUT2D eigenvalue weighted by atomic mass is 17.2. The smallest absolute Gasteiger partial charge is 0.306 e. The van der Waals surface area contributed by atoms with Gasteiger partial charge in [-0.25, -0.2) is 9.78 Å². The van der Waals surface area contributed by atoms with Crippen molar-refractivity contribution in [3.05, 3.63) is 23.8 Å². The molecule has 1 saturated heterocycles. The van der Waals surface area contributed by atoms with Gasteiger partial charge in [0.05, 0.1) is 6.42 Å². The molecule has 0 saturated carbocycles. The largest absolute Gasteiger partial charge is 0.481 e. The maximum Gasteiger partial charge on any atom is 0.306 e. The van der Waals surface area contributed by atoms with Gasteiger partial charge in [0, 0.05) is 20.0 Å². The molecule has 0 bridgehead atoms. The van der Waals surface area contributed by atoms with Crippen LogP contribution in [0.15, 0.2) is 23.8 Å². The normalized spacial score (nSPS) is 29.9. The van der Waals surface area contributed by atoms with Crippen LogP contribution < -0.4 is 0 Å². The minimum absolute atomic E-state index is 0.0493. The molecule has 5 heteroatoms. The van der Waals surface area contributed by atoms with E-state index in [1.807, 2.05) is 13.8 Å². The molecule has 1 aliphatic rings. The number of methoxy groups -OCH3 is 1. The van der Waals surface area contributed by atoms with Crippen molar-refractivity contribution in [2.24, 2.45) is 5.92 Å². The highest BCUT2D eigenvalue weighted by molar-refractivity contribution is 5.67. The molecule has 0 radical (unpaired) electrons. The first-order chi connectivity index (χ1) is 10.4. The molecule has 1 aliphatic heterocycles. The maximum atomic E-state index is 10.8. The molecule has 126 valence electrons. The third-order valence-electron chi connectivity index (χ3n) is 4.10. The van der Waals surface area contributed by atoms with E-state index in [1.165, 1.54) is 5.57 Å². The van der Waals surface area contributed by atoms with Crippen molar-refractivity contribution in [2.45, 2.75) is 64.8 Å². The number of carboxylic acid groups (broad SMARTS) is 1. The van der Waals surface area contributed by atoms with Crippen LogP contribution in [0.1, 0.15) is 52.9 Å². The second-order valence-corrected chi connectivity index (χ2v) is 5.94. The van der Waals surface area contributed by atoms with Crippen LogP contribution in [0.5, 0.6) is 0 Å². The Morgan fingerprint density at radius 1 is 1.50 bits per heavy atom. The van der Waals surface area contributed by atoms with E-state index in [1.54, 1.807) is 7.11 Å². The standard InChI is InChI=1S/C17H28O5/c1-5-13(2)9-7-6-8-10-17(20-4)12-14(3)15(21-22-17)11-16(18)19/h5,7,9,14-15H,6,8,10-12H2,1-4H3,(H,18,19). The van der Waals surface area contributed by atoms with Crippen LogP contribution in [0, 0.1) is 5.92 Å². The average molecular weight is 312 g/mol. The number of allylic oxidation sites excluding steroid dienone is 4.